The van der Waals surface area contributed by atoms with Gasteiger partial charge in [0.2, 0.25) is 5.91 Å². The molecule has 3 nitrogen and oxygen atoms in total. The summed E-state index contributed by atoms with van der Waals surface area (Å²) >= 11 is 1.58. The van der Waals surface area contributed by atoms with E-state index < -0.39 is 23.6 Å². The molecular formula is C15H14F2N2OS. The molecule has 2 heterocycles. The molecule has 0 saturated carbocycles. The van der Waals surface area contributed by atoms with Gasteiger partial charge in [0.15, 0.2) is 0 Å². The largest absolute Gasteiger partial charge is 0.316 e. The van der Waals surface area contributed by atoms with Crippen molar-refractivity contribution in [2.75, 3.05) is 4.90 Å². The quantitative estimate of drug-likeness (QED) is 0.947. The van der Waals surface area contributed by atoms with E-state index in [1.54, 1.807) is 11.3 Å². The van der Waals surface area contributed by atoms with E-state index in [4.69, 9.17) is 5.73 Å². The molecule has 0 fully saturated rings. The van der Waals surface area contributed by atoms with E-state index in [9.17, 15) is 13.6 Å². The molecule has 1 aliphatic heterocycles. The molecule has 1 amide bonds. The third-order valence-electron chi connectivity index (χ3n) is 3.59. The van der Waals surface area contributed by atoms with Gasteiger partial charge in [-0.3, -0.25) is 4.79 Å². The molecule has 1 atom stereocenters. The van der Waals surface area contributed by atoms with E-state index in [0.717, 1.165) is 23.4 Å². The number of amides is 1. The van der Waals surface area contributed by atoms with Gasteiger partial charge >= 0.3 is 0 Å². The highest BCUT2D eigenvalue weighted by molar-refractivity contribution is 7.12. The zero-order chi connectivity index (χ0) is 15.1. The minimum absolute atomic E-state index is 0.0775. The number of thiophene rings is 1. The molecule has 2 aromatic rings. The van der Waals surface area contributed by atoms with Crippen LogP contribution in [0.2, 0.25) is 0 Å². The van der Waals surface area contributed by atoms with E-state index in [1.807, 2.05) is 19.1 Å². The molecule has 1 aromatic heterocycles. The van der Waals surface area contributed by atoms with Crippen molar-refractivity contribution in [2.45, 2.75) is 25.9 Å². The molecule has 1 aliphatic rings. The van der Waals surface area contributed by atoms with Gasteiger partial charge in [0, 0.05) is 21.4 Å². The van der Waals surface area contributed by atoms with Gasteiger partial charge < -0.3 is 10.6 Å². The molecule has 0 aliphatic carbocycles. The fourth-order valence-electron chi connectivity index (χ4n) is 2.53. The van der Waals surface area contributed by atoms with Gasteiger partial charge in [-0.1, -0.05) is 6.92 Å². The zero-order valence-corrected chi connectivity index (χ0v) is 12.2. The van der Waals surface area contributed by atoms with E-state index >= 15 is 0 Å². The molecule has 3 rings (SSSR count). The number of anilines is 1. The van der Waals surface area contributed by atoms with Crippen LogP contribution < -0.4 is 10.6 Å². The predicted octanol–water partition coefficient (Wildman–Crippen LogP) is 3.14. The number of fused-ring (bicyclic) bond motifs is 1. The number of hydrogen-bond acceptors (Lipinski definition) is 3. The average Bonchev–Trinajstić information content (AvgIpc) is 2.98. The first-order valence-corrected chi connectivity index (χ1v) is 7.46. The normalized spacial score (nSPS) is 17.4. The molecule has 21 heavy (non-hydrogen) atoms. The first-order chi connectivity index (χ1) is 10.0. The molecular weight excluding hydrogens is 294 g/mol. The van der Waals surface area contributed by atoms with Crippen molar-refractivity contribution in [3.8, 4) is 0 Å². The maximum absolute atomic E-state index is 13.8. The highest BCUT2D eigenvalue weighted by Gasteiger charge is 2.37. The molecule has 0 radical (unpaired) electrons. The van der Waals surface area contributed by atoms with Crippen LogP contribution in [-0.4, -0.2) is 5.91 Å². The van der Waals surface area contributed by atoms with E-state index in [0.29, 0.717) is 0 Å². The lowest BCUT2D eigenvalue weighted by Gasteiger charge is -2.16. The van der Waals surface area contributed by atoms with Gasteiger partial charge in [-0.05, 0) is 24.6 Å². The number of hydrogen-bond donors (Lipinski definition) is 1. The lowest BCUT2D eigenvalue weighted by molar-refractivity contribution is -0.119. The summed E-state index contributed by atoms with van der Waals surface area (Å²) in [6.07, 6.45) is 0.915. The summed E-state index contributed by atoms with van der Waals surface area (Å²) in [7, 11) is 0. The SMILES string of the molecule is CCc1ccc(CN2C(=O)C(N)c3c(F)cc(F)cc32)s1. The number of carbonyl (C=O) groups excluding carboxylic acids is 1. The van der Waals surface area contributed by atoms with Crippen molar-refractivity contribution >= 4 is 22.9 Å². The van der Waals surface area contributed by atoms with Crippen molar-refractivity contribution in [3.63, 3.8) is 0 Å². The summed E-state index contributed by atoms with van der Waals surface area (Å²) in [6.45, 7) is 2.33. The maximum Gasteiger partial charge on any atom is 0.249 e. The monoisotopic (exact) mass is 308 g/mol. The van der Waals surface area contributed by atoms with Crippen LogP contribution in [0.15, 0.2) is 24.3 Å². The topological polar surface area (TPSA) is 46.3 Å². The van der Waals surface area contributed by atoms with Crippen LogP contribution in [0.4, 0.5) is 14.5 Å². The number of halogens is 2. The van der Waals surface area contributed by atoms with Gasteiger partial charge in [0.1, 0.15) is 17.7 Å². The zero-order valence-electron chi connectivity index (χ0n) is 11.4. The third-order valence-corrected chi connectivity index (χ3v) is 4.80. The number of nitrogens with zero attached hydrogens (tertiary/aromatic N) is 1. The molecule has 1 aromatic carbocycles. The van der Waals surface area contributed by atoms with Gasteiger partial charge in [-0.15, -0.1) is 11.3 Å². The van der Waals surface area contributed by atoms with Crippen LogP contribution in [-0.2, 0) is 17.8 Å². The number of nitrogens with two attached hydrogens (primary N) is 1. The minimum atomic E-state index is -1.06. The predicted molar refractivity (Wildman–Crippen MR) is 78.2 cm³/mol. The second-order valence-corrected chi connectivity index (χ2v) is 6.20. The van der Waals surface area contributed by atoms with E-state index in [-0.39, 0.29) is 17.8 Å². The van der Waals surface area contributed by atoms with Gasteiger partial charge in [0.05, 0.1) is 12.2 Å². The van der Waals surface area contributed by atoms with Crippen molar-refractivity contribution in [3.05, 3.63) is 51.2 Å². The Labute approximate surface area is 125 Å². The Balaban J connectivity index is 1.99. The summed E-state index contributed by atoms with van der Waals surface area (Å²) in [5, 5.41) is 0. The Kier molecular flexibility index (Phi) is 3.51. The van der Waals surface area contributed by atoms with E-state index in [1.165, 1.54) is 9.78 Å². The molecule has 0 spiro atoms. The van der Waals surface area contributed by atoms with Crippen LogP contribution in [0.1, 0.15) is 28.3 Å². The second-order valence-electron chi connectivity index (χ2n) is 4.94. The second kappa shape index (κ2) is 5.20. The number of benzene rings is 1. The Hall–Kier alpha value is -1.79. The number of carbonyl (C=O) groups is 1. The van der Waals surface area contributed by atoms with Crippen LogP contribution in [0.25, 0.3) is 0 Å². The van der Waals surface area contributed by atoms with Crippen molar-refractivity contribution in [1.29, 1.82) is 0 Å². The van der Waals surface area contributed by atoms with Crippen LogP contribution in [0, 0.1) is 11.6 Å². The molecule has 110 valence electrons. The van der Waals surface area contributed by atoms with Crippen LogP contribution >= 0.6 is 11.3 Å². The van der Waals surface area contributed by atoms with Crippen molar-refractivity contribution in [2.24, 2.45) is 5.73 Å². The summed E-state index contributed by atoms with van der Waals surface area (Å²) in [4.78, 5) is 15.7. The Morgan fingerprint density at radius 1 is 1.29 bits per heavy atom. The molecule has 1 unspecified atom stereocenters. The van der Waals surface area contributed by atoms with Gasteiger partial charge in [-0.25, -0.2) is 8.78 Å². The summed E-state index contributed by atoms with van der Waals surface area (Å²) < 4.78 is 27.3. The number of rotatable bonds is 3. The van der Waals surface area contributed by atoms with E-state index in [2.05, 4.69) is 0 Å². The first kappa shape index (κ1) is 14.2. The average molecular weight is 308 g/mol. The molecule has 6 heteroatoms. The lowest BCUT2D eigenvalue weighted by atomic mass is 10.1. The Morgan fingerprint density at radius 3 is 2.67 bits per heavy atom. The van der Waals surface area contributed by atoms with Crippen molar-refractivity contribution in [1.82, 2.24) is 0 Å². The smallest absolute Gasteiger partial charge is 0.249 e. The lowest BCUT2D eigenvalue weighted by Crippen LogP contribution is -2.31. The van der Waals surface area contributed by atoms with Crippen LogP contribution in [0.3, 0.4) is 0 Å². The fourth-order valence-corrected chi connectivity index (χ4v) is 3.48. The Bertz CT molecular complexity index is 714. The molecule has 0 bridgehead atoms. The standard InChI is InChI=1S/C15H14F2N2OS/c1-2-9-3-4-10(21-9)7-19-12-6-8(16)5-11(17)13(12)14(18)15(19)20/h3-6,14H,2,7,18H2,1H3. The van der Waals surface area contributed by atoms with Crippen LogP contribution in [0.5, 0.6) is 0 Å². The minimum Gasteiger partial charge on any atom is -0.316 e. The third kappa shape index (κ3) is 2.34. The summed E-state index contributed by atoms with van der Waals surface area (Å²) in [5.41, 5.74) is 6.08. The summed E-state index contributed by atoms with van der Waals surface area (Å²) in [5.74, 6) is -1.88. The first-order valence-electron chi connectivity index (χ1n) is 6.64. The summed E-state index contributed by atoms with van der Waals surface area (Å²) in [6, 6.07) is 4.78. The highest BCUT2D eigenvalue weighted by Crippen LogP contribution is 2.38. The molecule has 0 saturated heterocycles. The Morgan fingerprint density at radius 2 is 2.00 bits per heavy atom. The number of aryl methyl sites for hydroxylation is 1. The van der Waals surface area contributed by atoms with Gasteiger partial charge in [0.25, 0.3) is 0 Å². The fraction of sp³-hybridized carbons (Fsp3) is 0.267. The molecule has 2 N–H and O–H groups in total. The maximum atomic E-state index is 13.8. The highest BCUT2D eigenvalue weighted by atomic mass is 32.1. The van der Waals surface area contributed by atoms with Gasteiger partial charge in [-0.2, -0.15) is 0 Å². The van der Waals surface area contributed by atoms with Crippen molar-refractivity contribution < 1.29 is 13.6 Å².